The van der Waals surface area contributed by atoms with Gasteiger partial charge in [0.25, 0.3) is 0 Å². The summed E-state index contributed by atoms with van der Waals surface area (Å²) in [4.78, 5) is 11.8. The van der Waals surface area contributed by atoms with Crippen molar-refractivity contribution in [2.24, 2.45) is 0 Å². The molecule has 1 atom stereocenters. The minimum atomic E-state index is -0.0589. The molecule has 1 aliphatic carbocycles. The Balaban J connectivity index is 2.05. The summed E-state index contributed by atoms with van der Waals surface area (Å²) in [6, 6.07) is 6.77. The number of carbonyl (C=O) groups excluding carboxylic acids is 1. The van der Waals surface area contributed by atoms with E-state index in [1.54, 1.807) is 0 Å². The van der Waals surface area contributed by atoms with Crippen LogP contribution in [0.3, 0.4) is 0 Å². The van der Waals surface area contributed by atoms with E-state index in [1.807, 2.05) is 0 Å². The highest BCUT2D eigenvalue weighted by Crippen LogP contribution is 2.25. The van der Waals surface area contributed by atoms with Crippen LogP contribution in [0.15, 0.2) is 18.2 Å². The van der Waals surface area contributed by atoms with E-state index < -0.39 is 0 Å². The molecule has 3 nitrogen and oxygen atoms in total. The molecule has 0 heterocycles. The Kier molecular flexibility index (Phi) is 5.45. The zero-order valence-corrected chi connectivity index (χ0v) is 12.7. The van der Waals surface area contributed by atoms with Crippen molar-refractivity contribution in [1.29, 1.82) is 0 Å². The Morgan fingerprint density at radius 2 is 1.95 bits per heavy atom. The first-order valence-electron chi connectivity index (χ1n) is 7.90. The van der Waals surface area contributed by atoms with Gasteiger partial charge < -0.3 is 10.6 Å². The summed E-state index contributed by atoms with van der Waals surface area (Å²) >= 11 is 0. The Labute approximate surface area is 122 Å². The van der Waals surface area contributed by atoms with E-state index in [0.29, 0.717) is 0 Å². The second kappa shape index (κ2) is 7.32. The first-order chi connectivity index (χ1) is 9.74. The molecule has 0 spiro atoms. The van der Waals surface area contributed by atoms with E-state index in [9.17, 15) is 4.79 Å². The molecule has 0 fully saturated rings. The Morgan fingerprint density at radius 3 is 2.65 bits per heavy atom. The van der Waals surface area contributed by atoms with Gasteiger partial charge in [0.2, 0.25) is 0 Å². The lowest BCUT2D eigenvalue weighted by molar-refractivity contribution is 0.236. The van der Waals surface area contributed by atoms with E-state index in [1.165, 1.54) is 42.4 Å². The number of benzene rings is 1. The largest absolute Gasteiger partial charge is 0.338 e. The maximum atomic E-state index is 11.8. The van der Waals surface area contributed by atoms with Crippen LogP contribution in [0.2, 0.25) is 0 Å². The van der Waals surface area contributed by atoms with E-state index >= 15 is 0 Å². The minimum absolute atomic E-state index is 0.0589. The lowest BCUT2D eigenvalue weighted by Crippen LogP contribution is -2.38. The summed E-state index contributed by atoms with van der Waals surface area (Å²) in [7, 11) is 0. The van der Waals surface area contributed by atoms with E-state index in [-0.39, 0.29) is 12.1 Å². The van der Waals surface area contributed by atoms with Gasteiger partial charge in [-0.3, -0.25) is 0 Å². The van der Waals surface area contributed by atoms with Crippen molar-refractivity contribution in [3.63, 3.8) is 0 Å². The molecule has 1 aromatic rings. The smallest absolute Gasteiger partial charge is 0.315 e. The van der Waals surface area contributed by atoms with E-state index in [4.69, 9.17) is 0 Å². The Bertz CT molecular complexity index is 456. The van der Waals surface area contributed by atoms with Crippen LogP contribution in [0, 0.1) is 0 Å². The van der Waals surface area contributed by atoms with Gasteiger partial charge in [0.05, 0.1) is 6.04 Å². The van der Waals surface area contributed by atoms with Crippen LogP contribution < -0.4 is 10.6 Å². The quantitative estimate of drug-likeness (QED) is 0.844. The molecular formula is C17H26N2O. The van der Waals surface area contributed by atoms with E-state index in [2.05, 4.69) is 42.7 Å². The van der Waals surface area contributed by atoms with Crippen molar-refractivity contribution < 1.29 is 4.79 Å². The topological polar surface area (TPSA) is 41.1 Å². The molecule has 20 heavy (non-hydrogen) atoms. The summed E-state index contributed by atoms with van der Waals surface area (Å²) < 4.78 is 0. The van der Waals surface area contributed by atoms with Gasteiger partial charge in [-0.1, -0.05) is 32.0 Å². The molecule has 2 amide bonds. The van der Waals surface area contributed by atoms with Gasteiger partial charge >= 0.3 is 6.03 Å². The van der Waals surface area contributed by atoms with Crippen LogP contribution >= 0.6 is 0 Å². The minimum Gasteiger partial charge on any atom is -0.338 e. The zero-order valence-electron chi connectivity index (χ0n) is 12.7. The number of urea groups is 1. The fraction of sp³-hybridized carbons (Fsp3) is 0.588. The van der Waals surface area contributed by atoms with E-state index in [0.717, 1.165) is 19.4 Å². The number of carbonyl (C=O) groups is 1. The molecule has 0 aliphatic heterocycles. The van der Waals surface area contributed by atoms with Crippen LogP contribution in [0.5, 0.6) is 0 Å². The second-order valence-corrected chi connectivity index (χ2v) is 5.60. The summed E-state index contributed by atoms with van der Waals surface area (Å²) in [5, 5.41) is 5.95. The molecule has 0 saturated heterocycles. The number of hydrogen-bond acceptors (Lipinski definition) is 1. The predicted molar refractivity (Wildman–Crippen MR) is 82.9 cm³/mol. The van der Waals surface area contributed by atoms with Crippen LogP contribution in [-0.2, 0) is 12.8 Å². The molecule has 0 aromatic heterocycles. The van der Waals surface area contributed by atoms with Crippen molar-refractivity contribution in [3.8, 4) is 0 Å². The third-order valence-corrected chi connectivity index (χ3v) is 4.02. The molecule has 1 aliphatic rings. The summed E-state index contributed by atoms with van der Waals surface area (Å²) in [6.45, 7) is 4.90. The van der Waals surface area contributed by atoms with Crippen LogP contribution in [0.25, 0.3) is 0 Å². The number of aryl methyl sites for hydroxylation is 2. The molecule has 2 N–H and O–H groups in total. The maximum Gasteiger partial charge on any atom is 0.315 e. The fourth-order valence-corrected chi connectivity index (χ4v) is 2.84. The third-order valence-electron chi connectivity index (χ3n) is 4.02. The van der Waals surface area contributed by atoms with Gasteiger partial charge in [-0.2, -0.15) is 0 Å². The molecule has 2 rings (SSSR count). The SMILES string of the molecule is CCCNC(=O)NC(CC)c1ccc2c(c1)CCCC2. The lowest BCUT2D eigenvalue weighted by atomic mass is 9.89. The molecule has 3 heteroatoms. The lowest BCUT2D eigenvalue weighted by Gasteiger charge is -2.22. The first-order valence-corrected chi connectivity index (χ1v) is 7.90. The summed E-state index contributed by atoms with van der Waals surface area (Å²) in [6.07, 6.45) is 6.86. The Hall–Kier alpha value is -1.51. The summed E-state index contributed by atoms with van der Waals surface area (Å²) in [5.74, 6) is 0. The molecule has 0 saturated carbocycles. The second-order valence-electron chi connectivity index (χ2n) is 5.60. The van der Waals surface area contributed by atoms with Crippen LogP contribution in [0.1, 0.15) is 62.3 Å². The zero-order chi connectivity index (χ0) is 14.4. The average Bonchev–Trinajstić information content (AvgIpc) is 2.50. The van der Waals surface area contributed by atoms with Gasteiger partial charge in [-0.25, -0.2) is 4.79 Å². The fourth-order valence-electron chi connectivity index (χ4n) is 2.84. The first kappa shape index (κ1) is 14.9. The molecule has 0 bridgehead atoms. The van der Waals surface area contributed by atoms with Gasteiger partial charge in [0.15, 0.2) is 0 Å². The molecule has 1 aromatic carbocycles. The maximum absolute atomic E-state index is 11.8. The highest BCUT2D eigenvalue weighted by atomic mass is 16.2. The monoisotopic (exact) mass is 274 g/mol. The highest BCUT2D eigenvalue weighted by Gasteiger charge is 2.15. The summed E-state index contributed by atoms with van der Waals surface area (Å²) in [5.41, 5.74) is 4.20. The van der Waals surface area contributed by atoms with Crippen molar-refractivity contribution in [3.05, 3.63) is 34.9 Å². The number of fused-ring (bicyclic) bond motifs is 1. The molecule has 0 radical (unpaired) electrons. The molecular weight excluding hydrogens is 248 g/mol. The van der Waals surface area contributed by atoms with Crippen LogP contribution in [0.4, 0.5) is 4.79 Å². The standard InChI is InChI=1S/C17H26N2O/c1-3-11-18-17(20)19-16(4-2)15-10-9-13-7-5-6-8-14(13)12-15/h9-10,12,16H,3-8,11H2,1-2H3,(H2,18,19,20). The van der Waals surface area contributed by atoms with Crippen LogP contribution in [-0.4, -0.2) is 12.6 Å². The number of hydrogen-bond donors (Lipinski definition) is 2. The van der Waals surface area contributed by atoms with Crippen molar-refractivity contribution in [1.82, 2.24) is 10.6 Å². The average molecular weight is 274 g/mol. The Morgan fingerprint density at radius 1 is 1.20 bits per heavy atom. The molecule has 110 valence electrons. The van der Waals surface area contributed by atoms with Crippen molar-refractivity contribution in [2.45, 2.75) is 58.4 Å². The van der Waals surface area contributed by atoms with Gasteiger partial charge in [0, 0.05) is 6.54 Å². The third kappa shape index (κ3) is 3.75. The number of nitrogens with one attached hydrogen (secondary N) is 2. The highest BCUT2D eigenvalue weighted by molar-refractivity contribution is 5.74. The normalized spacial score (nSPS) is 15.3. The predicted octanol–water partition coefficient (Wildman–Crippen LogP) is 3.73. The number of rotatable bonds is 5. The molecule has 1 unspecified atom stereocenters. The van der Waals surface area contributed by atoms with Crippen molar-refractivity contribution in [2.75, 3.05) is 6.54 Å². The van der Waals surface area contributed by atoms with Crippen molar-refractivity contribution >= 4 is 6.03 Å². The number of amides is 2. The van der Waals surface area contributed by atoms with Gasteiger partial charge in [0.1, 0.15) is 0 Å². The van der Waals surface area contributed by atoms with Gasteiger partial charge in [-0.15, -0.1) is 0 Å². The van der Waals surface area contributed by atoms with Gasteiger partial charge in [-0.05, 0) is 55.2 Å².